The summed E-state index contributed by atoms with van der Waals surface area (Å²) in [6, 6.07) is 1.37. The fourth-order valence-electron chi connectivity index (χ4n) is 3.81. The second-order valence-electron chi connectivity index (χ2n) is 7.26. The van der Waals surface area contributed by atoms with E-state index in [2.05, 4.69) is 24.1 Å². The molecular weight excluding hydrogens is 264 g/mol. The van der Waals surface area contributed by atoms with Crippen LogP contribution in [0.2, 0.25) is 0 Å². The number of hydrogen-bond acceptors (Lipinski definition) is 3. The Hall–Kier alpha value is -0.610. The number of likely N-dealkylation sites (tertiary alicyclic amines) is 1. The van der Waals surface area contributed by atoms with Gasteiger partial charge in [-0.15, -0.1) is 0 Å². The summed E-state index contributed by atoms with van der Waals surface area (Å²) in [5, 5.41) is 13.0. The second-order valence-corrected chi connectivity index (χ2v) is 7.26. The molecule has 4 nitrogen and oxygen atoms in total. The van der Waals surface area contributed by atoms with Crippen molar-refractivity contribution < 1.29 is 9.90 Å². The number of rotatable bonds is 7. The monoisotopic (exact) mass is 296 g/mol. The van der Waals surface area contributed by atoms with Crippen LogP contribution in [0.4, 0.5) is 0 Å². The van der Waals surface area contributed by atoms with Crippen molar-refractivity contribution in [3.8, 4) is 0 Å². The maximum absolute atomic E-state index is 11.7. The summed E-state index contributed by atoms with van der Waals surface area (Å²) in [7, 11) is 0. The Labute approximate surface area is 129 Å². The highest BCUT2D eigenvalue weighted by Gasteiger charge is 2.41. The standard InChI is InChI=1S/C17H32N2O2/c1-4-15-8-6-5-7-11-19(15)13(2)12-17(3,16(20)21)18-14-9-10-14/h13-15,18H,4-12H2,1-3H3,(H,20,21). The van der Waals surface area contributed by atoms with E-state index >= 15 is 0 Å². The predicted octanol–water partition coefficient (Wildman–Crippen LogP) is 3.01. The molecule has 1 saturated carbocycles. The minimum absolute atomic E-state index is 0.320. The van der Waals surface area contributed by atoms with Gasteiger partial charge in [0.1, 0.15) is 5.54 Å². The molecule has 4 heteroatoms. The Morgan fingerprint density at radius 2 is 2.05 bits per heavy atom. The van der Waals surface area contributed by atoms with Gasteiger partial charge in [0.15, 0.2) is 0 Å². The molecule has 3 unspecified atom stereocenters. The molecule has 0 bridgehead atoms. The van der Waals surface area contributed by atoms with Crippen LogP contribution in [0.15, 0.2) is 0 Å². The highest BCUT2D eigenvalue weighted by Crippen LogP contribution is 2.28. The van der Waals surface area contributed by atoms with Gasteiger partial charge in [-0.05, 0) is 58.9 Å². The first-order chi connectivity index (χ1) is 9.96. The zero-order valence-electron chi connectivity index (χ0n) is 13.9. The van der Waals surface area contributed by atoms with E-state index in [0.29, 0.717) is 24.5 Å². The predicted molar refractivity (Wildman–Crippen MR) is 85.5 cm³/mol. The van der Waals surface area contributed by atoms with E-state index in [9.17, 15) is 9.90 Å². The van der Waals surface area contributed by atoms with Gasteiger partial charge < -0.3 is 5.11 Å². The van der Waals surface area contributed by atoms with Gasteiger partial charge in [-0.25, -0.2) is 0 Å². The zero-order valence-corrected chi connectivity index (χ0v) is 13.9. The average Bonchev–Trinajstić information content (AvgIpc) is 3.23. The van der Waals surface area contributed by atoms with Gasteiger partial charge in [0, 0.05) is 18.1 Å². The number of hydrogen-bond donors (Lipinski definition) is 2. The normalized spacial score (nSPS) is 28.6. The number of aliphatic carboxylic acids is 1. The lowest BCUT2D eigenvalue weighted by Gasteiger charge is -2.39. The molecule has 1 aliphatic carbocycles. The van der Waals surface area contributed by atoms with Gasteiger partial charge >= 0.3 is 5.97 Å². The first kappa shape index (κ1) is 16.8. The maximum atomic E-state index is 11.7. The SMILES string of the molecule is CCC1CCCCCN1C(C)CC(C)(NC1CC1)C(=O)O. The molecule has 0 aromatic carbocycles. The molecule has 122 valence electrons. The number of carboxylic acids is 1. The molecule has 2 N–H and O–H groups in total. The minimum atomic E-state index is -0.787. The minimum Gasteiger partial charge on any atom is -0.480 e. The number of nitrogens with one attached hydrogen (secondary N) is 1. The molecule has 0 spiro atoms. The third-order valence-corrected chi connectivity index (χ3v) is 5.24. The van der Waals surface area contributed by atoms with Gasteiger partial charge in [-0.3, -0.25) is 15.0 Å². The van der Waals surface area contributed by atoms with Crippen LogP contribution in [-0.4, -0.2) is 46.2 Å². The molecule has 0 radical (unpaired) electrons. The summed E-state index contributed by atoms with van der Waals surface area (Å²) in [5.74, 6) is -0.705. The van der Waals surface area contributed by atoms with Crippen molar-refractivity contribution in [2.45, 2.75) is 95.8 Å². The molecule has 0 aromatic rings. The fourth-order valence-corrected chi connectivity index (χ4v) is 3.81. The third-order valence-electron chi connectivity index (χ3n) is 5.24. The van der Waals surface area contributed by atoms with Crippen molar-refractivity contribution >= 4 is 5.97 Å². The number of carbonyl (C=O) groups is 1. The topological polar surface area (TPSA) is 52.6 Å². The van der Waals surface area contributed by atoms with E-state index in [1.165, 1.54) is 32.1 Å². The second kappa shape index (κ2) is 7.10. The molecule has 21 heavy (non-hydrogen) atoms. The van der Waals surface area contributed by atoms with Crippen molar-refractivity contribution in [2.75, 3.05) is 6.54 Å². The third kappa shape index (κ3) is 4.43. The summed E-state index contributed by atoms with van der Waals surface area (Å²) in [6.07, 6.45) is 9.26. The number of carboxylic acid groups (broad SMARTS) is 1. The van der Waals surface area contributed by atoms with Gasteiger partial charge in [0.2, 0.25) is 0 Å². The van der Waals surface area contributed by atoms with Crippen LogP contribution in [0.1, 0.15) is 72.1 Å². The van der Waals surface area contributed by atoms with Crippen LogP contribution in [0.3, 0.4) is 0 Å². The molecule has 2 rings (SSSR count). The largest absolute Gasteiger partial charge is 0.480 e. The average molecular weight is 296 g/mol. The van der Waals surface area contributed by atoms with Crippen molar-refractivity contribution in [1.29, 1.82) is 0 Å². The summed E-state index contributed by atoms with van der Waals surface area (Å²) in [4.78, 5) is 14.3. The summed E-state index contributed by atoms with van der Waals surface area (Å²) in [5.41, 5.74) is -0.787. The summed E-state index contributed by atoms with van der Waals surface area (Å²) < 4.78 is 0. The molecular formula is C17H32N2O2. The smallest absolute Gasteiger partial charge is 0.323 e. The van der Waals surface area contributed by atoms with Crippen molar-refractivity contribution in [3.05, 3.63) is 0 Å². The molecule has 1 saturated heterocycles. The number of nitrogens with zero attached hydrogens (tertiary/aromatic N) is 1. The van der Waals surface area contributed by atoms with Crippen LogP contribution in [0.5, 0.6) is 0 Å². The van der Waals surface area contributed by atoms with E-state index in [1.54, 1.807) is 0 Å². The van der Waals surface area contributed by atoms with Gasteiger partial charge in [-0.1, -0.05) is 19.8 Å². The first-order valence-corrected chi connectivity index (χ1v) is 8.73. The van der Waals surface area contributed by atoms with Crippen molar-refractivity contribution in [2.24, 2.45) is 0 Å². The molecule has 2 aliphatic rings. The maximum Gasteiger partial charge on any atom is 0.323 e. The van der Waals surface area contributed by atoms with Crippen LogP contribution in [-0.2, 0) is 4.79 Å². The Morgan fingerprint density at radius 3 is 2.62 bits per heavy atom. The molecule has 1 heterocycles. The van der Waals surface area contributed by atoms with Gasteiger partial charge in [0.05, 0.1) is 0 Å². The Bertz CT molecular complexity index is 357. The molecule has 1 aliphatic heterocycles. The van der Waals surface area contributed by atoms with E-state index in [1.807, 2.05) is 6.92 Å². The first-order valence-electron chi connectivity index (χ1n) is 8.73. The summed E-state index contributed by atoms with van der Waals surface area (Å²) in [6.45, 7) is 7.46. The van der Waals surface area contributed by atoms with Gasteiger partial charge in [0.25, 0.3) is 0 Å². The van der Waals surface area contributed by atoms with Crippen LogP contribution < -0.4 is 5.32 Å². The molecule has 2 fully saturated rings. The van der Waals surface area contributed by atoms with E-state index < -0.39 is 11.5 Å². The van der Waals surface area contributed by atoms with Crippen LogP contribution >= 0.6 is 0 Å². The highest BCUT2D eigenvalue weighted by molar-refractivity contribution is 5.78. The Morgan fingerprint density at radius 1 is 1.33 bits per heavy atom. The Balaban J connectivity index is 2.01. The molecule has 3 atom stereocenters. The van der Waals surface area contributed by atoms with Crippen molar-refractivity contribution in [3.63, 3.8) is 0 Å². The Kier molecular flexibility index (Phi) is 5.67. The molecule has 0 aromatic heterocycles. The van der Waals surface area contributed by atoms with Gasteiger partial charge in [-0.2, -0.15) is 0 Å². The van der Waals surface area contributed by atoms with E-state index in [4.69, 9.17) is 0 Å². The lowest BCUT2D eigenvalue weighted by atomic mass is 9.91. The zero-order chi connectivity index (χ0) is 15.5. The lowest BCUT2D eigenvalue weighted by molar-refractivity contribution is -0.145. The lowest BCUT2D eigenvalue weighted by Crippen LogP contribution is -2.55. The van der Waals surface area contributed by atoms with E-state index in [-0.39, 0.29) is 0 Å². The van der Waals surface area contributed by atoms with Crippen molar-refractivity contribution in [1.82, 2.24) is 10.2 Å². The van der Waals surface area contributed by atoms with Crippen LogP contribution in [0.25, 0.3) is 0 Å². The summed E-state index contributed by atoms with van der Waals surface area (Å²) >= 11 is 0. The quantitative estimate of drug-likeness (QED) is 0.758. The van der Waals surface area contributed by atoms with Crippen LogP contribution in [0, 0.1) is 0 Å². The van der Waals surface area contributed by atoms with E-state index in [0.717, 1.165) is 19.4 Å². The fraction of sp³-hybridized carbons (Fsp3) is 0.941. The highest BCUT2D eigenvalue weighted by atomic mass is 16.4. The molecule has 0 amide bonds.